The van der Waals surface area contributed by atoms with Crippen LogP contribution in [0.15, 0.2) is 48.5 Å². The number of nitrogens with zero attached hydrogens (tertiary/aromatic N) is 4. The first-order valence-corrected chi connectivity index (χ1v) is 12.0. The molecular weight excluding hydrogens is 440 g/mol. The molecule has 1 aliphatic carbocycles. The smallest absolute Gasteiger partial charge is 0.226 e. The Hall–Kier alpha value is -3.85. The minimum Gasteiger partial charge on any atom is -0.495 e. The van der Waals surface area contributed by atoms with Crippen LogP contribution in [0, 0.1) is 0 Å². The Bertz CT molecular complexity index is 1310. The number of methoxy groups -OCH3 is 1. The van der Waals surface area contributed by atoms with E-state index in [1.807, 2.05) is 36.4 Å². The number of nitrogens with two attached hydrogens (primary N) is 3. The van der Waals surface area contributed by atoms with Gasteiger partial charge in [0.25, 0.3) is 0 Å². The van der Waals surface area contributed by atoms with Crippen LogP contribution in [0.25, 0.3) is 11.2 Å². The third-order valence-corrected chi connectivity index (χ3v) is 6.71. The molecule has 0 unspecified atom stereocenters. The first-order valence-electron chi connectivity index (χ1n) is 12.0. The van der Waals surface area contributed by atoms with Crippen LogP contribution in [0.3, 0.4) is 0 Å². The molecule has 2 aromatic carbocycles. The predicted molar refractivity (Wildman–Crippen MR) is 139 cm³/mol. The third-order valence-electron chi connectivity index (χ3n) is 6.71. The van der Waals surface area contributed by atoms with Crippen molar-refractivity contribution in [1.29, 1.82) is 0 Å². The summed E-state index contributed by atoms with van der Waals surface area (Å²) in [6, 6.07) is 16.6. The van der Waals surface area contributed by atoms with E-state index in [4.69, 9.17) is 31.9 Å². The Morgan fingerprint density at radius 2 is 1.74 bits per heavy atom. The molecule has 0 spiro atoms. The third kappa shape index (κ3) is 4.85. The van der Waals surface area contributed by atoms with Crippen LogP contribution in [-0.4, -0.2) is 38.7 Å². The van der Waals surface area contributed by atoms with Gasteiger partial charge in [-0.25, -0.2) is 4.98 Å². The van der Waals surface area contributed by atoms with E-state index in [1.54, 1.807) is 7.11 Å². The monoisotopic (exact) mass is 472 g/mol. The van der Waals surface area contributed by atoms with Crippen LogP contribution in [-0.2, 0) is 13.0 Å². The topological polar surface area (TPSA) is 143 Å². The van der Waals surface area contributed by atoms with Crippen molar-refractivity contribution in [2.75, 3.05) is 23.9 Å². The summed E-state index contributed by atoms with van der Waals surface area (Å²) in [5.41, 5.74) is 22.8. The van der Waals surface area contributed by atoms with Crippen molar-refractivity contribution in [2.24, 2.45) is 5.73 Å². The predicted octanol–water partition coefficient (Wildman–Crippen LogP) is 3.32. The Morgan fingerprint density at radius 1 is 0.971 bits per heavy atom. The lowest BCUT2D eigenvalue weighted by atomic mass is 9.92. The fourth-order valence-electron chi connectivity index (χ4n) is 4.74. The SMILES string of the molecule is COc1cccc(Cc2nc3c(N)nc(NC4CCC(N)CC4)nc3n2Cc2ccccc2)c1N. The molecule has 9 nitrogen and oxygen atoms in total. The molecule has 1 fully saturated rings. The second-order valence-electron chi connectivity index (χ2n) is 9.17. The average Bonchev–Trinajstić information content (AvgIpc) is 3.20. The van der Waals surface area contributed by atoms with Gasteiger partial charge in [0.05, 0.1) is 19.3 Å². The van der Waals surface area contributed by atoms with E-state index in [9.17, 15) is 0 Å². The minimum absolute atomic E-state index is 0.278. The summed E-state index contributed by atoms with van der Waals surface area (Å²) in [6.45, 7) is 0.602. The van der Waals surface area contributed by atoms with E-state index < -0.39 is 0 Å². The molecule has 35 heavy (non-hydrogen) atoms. The highest BCUT2D eigenvalue weighted by Gasteiger charge is 2.22. The lowest BCUT2D eigenvalue weighted by molar-refractivity contribution is 0.410. The van der Waals surface area contributed by atoms with Gasteiger partial charge in [0.2, 0.25) is 5.95 Å². The van der Waals surface area contributed by atoms with Crippen LogP contribution in [0.5, 0.6) is 5.75 Å². The van der Waals surface area contributed by atoms with Crippen LogP contribution in [0.2, 0.25) is 0 Å². The van der Waals surface area contributed by atoms with Crippen LogP contribution < -0.4 is 27.3 Å². The summed E-state index contributed by atoms with van der Waals surface area (Å²) in [7, 11) is 1.62. The van der Waals surface area contributed by atoms with Gasteiger partial charge in [-0.05, 0) is 42.9 Å². The number of rotatable bonds is 7. The maximum Gasteiger partial charge on any atom is 0.226 e. The quantitative estimate of drug-likeness (QED) is 0.300. The van der Waals surface area contributed by atoms with Crippen molar-refractivity contribution in [2.45, 2.75) is 50.7 Å². The molecule has 0 radical (unpaired) electrons. The van der Waals surface area contributed by atoms with Gasteiger partial charge in [0, 0.05) is 18.5 Å². The zero-order chi connectivity index (χ0) is 24.4. The molecule has 9 heteroatoms. The number of benzene rings is 2. The summed E-state index contributed by atoms with van der Waals surface area (Å²) >= 11 is 0. The van der Waals surface area contributed by atoms with Gasteiger partial charge in [-0.3, -0.25) is 0 Å². The number of ether oxygens (including phenoxy) is 1. The van der Waals surface area contributed by atoms with Crippen LogP contribution in [0.4, 0.5) is 17.5 Å². The standard InChI is InChI=1S/C26H32N8O/c1-35-20-9-5-8-17(22(20)28)14-21-31-23-24(29)32-26(30-19-12-10-18(27)11-13-19)33-25(23)34(21)15-16-6-3-2-4-7-16/h2-9,18-19H,10-15,27-28H2,1H3,(H3,29,30,32,33). The Labute approximate surface area is 204 Å². The van der Waals surface area contributed by atoms with Crippen LogP contribution in [0.1, 0.15) is 42.6 Å². The van der Waals surface area contributed by atoms with E-state index in [-0.39, 0.29) is 12.1 Å². The zero-order valence-electron chi connectivity index (χ0n) is 19.9. The number of nitrogens with one attached hydrogen (secondary N) is 1. The van der Waals surface area contributed by atoms with Gasteiger partial charge in [-0.2, -0.15) is 9.97 Å². The molecule has 0 amide bonds. The molecule has 1 saturated carbocycles. The molecule has 0 bridgehead atoms. The molecule has 1 aliphatic rings. The number of fused-ring (bicyclic) bond motifs is 1. The molecule has 4 aromatic rings. The van der Waals surface area contributed by atoms with Crippen LogP contribution >= 0.6 is 0 Å². The van der Waals surface area contributed by atoms with Gasteiger partial charge in [-0.1, -0.05) is 42.5 Å². The zero-order valence-corrected chi connectivity index (χ0v) is 19.9. The van der Waals surface area contributed by atoms with Crippen molar-refractivity contribution in [1.82, 2.24) is 19.5 Å². The summed E-state index contributed by atoms with van der Waals surface area (Å²) in [5, 5.41) is 3.47. The summed E-state index contributed by atoms with van der Waals surface area (Å²) in [6.07, 6.45) is 4.48. The Kier molecular flexibility index (Phi) is 6.41. The lowest BCUT2D eigenvalue weighted by Crippen LogP contribution is -2.33. The fourth-order valence-corrected chi connectivity index (χ4v) is 4.74. The number of imidazole rings is 1. The number of hydrogen-bond donors (Lipinski definition) is 4. The van der Waals surface area contributed by atoms with E-state index in [2.05, 4.69) is 27.0 Å². The highest BCUT2D eigenvalue weighted by atomic mass is 16.5. The van der Waals surface area contributed by atoms with Gasteiger partial charge in [0.15, 0.2) is 17.0 Å². The molecule has 0 saturated heterocycles. The van der Waals surface area contributed by atoms with E-state index in [0.29, 0.717) is 47.3 Å². The maximum atomic E-state index is 6.40. The van der Waals surface area contributed by atoms with Gasteiger partial charge in [0.1, 0.15) is 11.6 Å². The van der Waals surface area contributed by atoms with E-state index in [0.717, 1.165) is 42.6 Å². The number of anilines is 3. The summed E-state index contributed by atoms with van der Waals surface area (Å²) in [4.78, 5) is 14.3. The molecule has 2 aromatic heterocycles. The second-order valence-corrected chi connectivity index (χ2v) is 9.17. The average molecular weight is 473 g/mol. The number of aromatic nitrogens is 4. The number of nitrogen functional groups attached to an aromatic ring is 2. The fraction of sp³-hybridized carbons (Fsp3) is 0.346. The highest BCUT2D eigenvalue weighted by Crippen LogP contribution is 2.29. The highest BCUT2D eigenvalue weighted by molar-refractivity contribution is 5.83. The first kappa shape index (κ1) is 22.9. The van der Waals surface area contributed by atoms with Gasteiger partial charge in [-0.15, -0.1) is 0 Å². The molecule has 182 valence electrons. The molecule has 0 aliphatic heterocycles. The molecule has 0 atom stereocenters. The van der Waals surface area contributed by atoms with Crippen molar-refractivity contribution in [3.05, 3.63) is 65.5 Å². The van der Waals surface area contributed by atoms with E-state index >= 15 is 0 Å². The van der Waals surface area contributed by atoms with Crippen molar-refractivity contribution in [3.8, 4) is 5.75 Å². The number of hydrogen-bond acceptors (Lipinski definition) is 8. The van der Waals surface area contributed by atoms with Crippen molar-refractivity contribution < 1.29 is 4.74 Å². The largest absolute Gasteiger partial charge is 0.495 e. The number of para-hydroxylation sites is 1. The first-order chi connectivity index (χ1) is 17.0. The Balaban J connectivity index is 1.55. The molecular formula is C26H32N8O. The minimum atomic E-state index is 0.278. The summed E-state index contributed by atoms with van der Waals surface area (Å²) in [5.74, 6) is 2.34. The second kappa shape index (κ2) is 9.79. The van der Waals surface area contributed by atoms with Crippen molar-refractivity contribution in [3.63, 3.8) is 0 Å². The normalized spacial score (nSPS) is 18.0. The molecule has 7 N–H and O–H groups in total. The Morgan fingerprint density at radius 3 is 2.49 bits per heavy atom. The van der Waals surface area contributed by atoms with Crippen molar-refractivity contribution >= 4 is 28.6 Å². The maximum absolute atomic E-state index is 6.40. The lowest BCUT2D eigenvalue weighted by Gasteiger charge is -2.26. The van der Waals surface area contributed by atoms with Gasteiger partial charge >= 0.3 is 0 Å². The van der Waals surface area contributed by atoms with Gasteiger partial charge < -0.3 is 31.8 Å². The molecule has 2 heterocycles. The summed E-state index contributed by atoms with van der Waals surface area (Å²) < 4.78 is 7.51. The molecule has 5 rings (SSSR count). The van der Waals surface area contributed by atoms with E-state index in [1.165, 1.54) is 0 Å².